The highest BCUT2D eigenvalue weighted by atomic mass is 16.6. The van der Waals surface area contributed by atoms with Gasteiger partial charge in [0.2, 0.25) is 5.95 Å². The molecule has 2 aromatic rings. The number of piperazine rings is 1. The average molecular weight is 370 g/mol. The van der Waals surface area contributed by atoms with Crippen LogP contribution >= 0.6 is 0 Å². The number of anilines is 2. The predicted molar refractivity (Wildman–Crippen MR) is 102 cm³/mol. The molecular formula is C18H22N6O3. The summed E-state index contributed by atoms with van der Waals surface area (Å²) in [7, 11) is 0. The molecule has 0 unspecified atom stereocenters. The van der Waals surface area contributed by atoms with Gasteiger partial charge in [0.15, 0.2) is 0 Å². The summed E-state index contributed by atoms with van der Waals surface area (Å²) in [6, 6.07) is 6.36. The van der Waals surface area contributed by atoms with E-state index in [4.69, 9.17) is 0 Å². The van der Waals surface area contributed by atoms with Gasteiger partial charge < -0.3 is 15.1 Å². The molecule has 27 heavy (non-hydrogen) atoms. The highest BCUT2D eigenvalue weighted by molar-refractivity contribution is 5.96. The van der Waals surface area contributed by atoms with E-state index < -0.39 is 4.92 Å². The molecule has 0 radical (unpaired) electrons. The number of nitrogens with one attached hydrogen (secondary N) is 1. The Kier molecular flexibility index (Phi) is 5.49. The summed E-state index contributed by atoms with van der Waals surface area (Å²) in [5.41, 5.74) is 0.751. The number of nitro groups is 1. The highest BCUT2D eigenvalue weighted by Crippen LogP contribution is 2.30. The Morgan fingerprint density at radius 2 is 1.78 bits per heavy atom. The van der Waals surface area contributed by atoms with Crippen molar-refractivity contribution in [1.82, 2.24) is 15.3 Å². The Morgan fingerprint density at radius 3 is 2.37 bits per heavy atom. The van der Waals surface area contributed by atoms with Gasteiger partial charge in [-0.3, -0.25) is 14.9 Å². The molecule has 1 aromatic heterocycles. The second kappa shape index (κ2) is 7.98. The van der Waals surface area contributed by atoms with Gasteiger partial charge in [0.25, 0.3) is 11.6 Å². The number of nitrogens with zero attached hydrogens (tertiary/aromatic N) is 5. The third kappa shape index (κ3) is 4.30. The van der Waals surface area contributed by atoms with Crippen LogP contribution in [0.3, 0.4) is 0 Å². The number of carbonyl (C=O) groups excluding carboxylic acids is 1. The molecule has 0 saturated carbocycles. The van der Waals surface area contributed by atoms with Gasteiger partial charge in [-0.15, -0.1) is 0 Å². The lowest BCUT2D eigenvalue weighted by atomic mass is 10.1. The molecule has 9 nitrogen and oxygen atoms in total. The van der Waals surface area contributed by atoms with E-state index in [9.17, 15) is 14.9 Å². The molecule has 9 heteroatoms. The fraction of sp³-hybridized carbons (Fsp3) is 0.389. The average Bonchev–Trinajstić information content (AvgIpc) is 2.68. The molecule has 1 aliphatic rings. The summed E-state index contributed by atoms with van der Waals surface area (Å²) >= 11 is 0. The fourth-order valence-electron chi connectivity index (χ4n) is 3.03. The number of amides is 1. The lowest BCUT2D eigenvalue weighted by molar-refractivity contribution is -0.384. The number of rotatable bonds is 5. The Balaban J connectivity index is 1.77. The summed E-state index contributed by atoms with van der Waals surface area (Å²) < 4.78 is 0. The Labute approximate surface area is 157 Å². The first-order valence-corrected chi connectivity index (χ1v) is 8.82. The first-order chi connectivity index (χ1) is 13.0. The third-order valence-corrected chi connectivity index (χ3v) is 4.31. The molecule has 1 N–H and O–H groups in total. The summed E-state index contributed by atoms with van der Waals surface area (Å²) in [5.74, 6) is 0.345. The van der Waals surface area contributed by atoms with Gasteiger partial charge >= 0.3 is 0 Å². The van der Waals surface area contributed by atoms with Crippen LogP contribution in [-0.2, 0) is 0 Å². The van der Waals surface area contributed by atoms with Gasteiger partial charge in [0.05, 0.1) is 4.92 Å². The van der Waals surface area contributed by atoms with E-state index in [1.807, 2.05) is 23.6 Å². The number of aromatic nitrogens is 2. The third-order valence-electron chi connectivity index (χ3n) is 4.31. The van der Waals surface area contributed by atoms with Crippen LogP contribution in [0.4, 0.5) is 17.3 Å². The van der Waals surface area contributed by atoms with E-state index in [0.29, 0.717) is 37.8 Å². The Morgan fingerprint density at radius 1 is 1.15 bits per heavy atom. The highest BCUT2D eigenvalue weighted by Gasteiger charge is 2.26. The maximum atomic E-state index is 12.1. The molecular weight excluding hydrogens is 348 g/mol. The van der Waals surface area contributed by atoms with E-state index >= 15 is 0 Å². The Bertz CT molecular complexity index is 819. The van der Waals surface area contributed by atoms with Crippen molar-refractivity contribution < 1.29 is 9.72 Å². The van der Waals surface area contributed by atoms with Gasteiger partial charge in [0, 0.05) is 56.2 Å². The second-order valence-corrected chi connectivity index (χ2v) is 6.61. The van der Waals surface area contributed by atoms with Crippen LogP contribution in [-0.4, -0.2) is 53.0 Å². The molecule has 0 aliphatic carbocycles. The minimum Gasteiger partial charge on any atom is -0.362 e. The van der Waals surface area contributed by atoms with Crippen molar-refractivity contribution in [2.45, 2.75) is 19.9 Å². The van der Waals surface area contributed by atoms with E-state index in [-0.39, 0.29) is 23.2 Å². The van der Waals surface area contributed by atoms with Crippen molar-refractivity contribution in [3.05, 3.63) is 52.3 Å². The zero-order valence-electron chi connectivity index (χ0n) is 15.3. The molecule has 142 valence electrons. The standard InChI is InChI=1S/C18H22N6O3/c1-13(2)21-17(25)14-4-5-15(16(12-14)24(26)27)22-8-10-23(11-9-22)18-19-6-3-7-20-18/h3-7,12-13H,8-11H2,1-2H3,(H,21,25). The molecule has 0 bridgehead atoms. The van der Waals surface area contributed by atoms with E-state index in [1.54, 1.807) is 30.6 Å². The summed E-state index contributed by atoms with van der Waals surface area (Å²) in [5, 5.41) is 14.3. The van der Waals surface area contributed by atoms with Gasteiger partial charge in [-0.2, -0.15) is 0 Å². The number of carbonyl (C=O) groups is 1. The summed E-state index contributed by atoms with van der Waals surface area (Å²) in [6.45, 7) is 6.23. The van der Waals surface area contributed by atoms with Crippen LogP contribution in [0, 0.1) is 10.1 Å². The molecule has 1 fully saturated rings. The van der Waals surface area contributed by atoms with Crippen molar-refractivity contribution in [3.63, 3.8) is 0 Å². The lowest BCUT2D eigenvalue weighted by Gasteiger charge is -2.35. The van der Waals surface area contributed by atoms with Crippen molar-refractivity contribution in [2.24, 2.45) is 0 Å². The molecule has 0 spiro atoms. The van der Waals surface area contributed by atoms with Crippen molar-refractivity contribution >= 4 is 23.2 Å². The summed E-state index contributed by atoms with van der Waals surface area (Å²) in [6.07, 6.45) is 3.39. The van der Waals surface area contributed by atoms with Crippen LogP contribution in [0.2, 0.25) is 0 Å². The molecule has 2 heterocycles. The first-order valence-electron chi connectivity index (χ1n) is 8.82. The molecule has 1 aromatic carbocycles. The van der Waals surface area contributed by atoms with Gasteiger partial charge in [-0.25, -0.2) is 9.97 Å². The molecule has 0 atom stereocenters. The van der Waals surface area contributed by atoms with E-state index in [1.165, 1.54) is 6.07 Å². The van der Waals surface area contributed by atoms with Gasteiger partial charge in [0.1, 0.15) is 5.69 Å². The molecule has 1 saturated heterocycles. The van der Waals surface area contributed by atoms with Gasteiger partial charge in [-0.05, 0) is 32.0 Å². The van der Waals surface area contributed by atoms with Gasteiger partial charge in [-0.1, -0.05) is 0 Å². The fourth-order valence-corrected chi connectivity index (χ4v) is 3.03. The number of hydrogen-bond donors (Lipinski definition) is 1. The van der Waals surface area contributed by atoms with E-state index in [2.05, 4.69) is 15.3 Å². The van der Waals surface area contributed by atoms with Crippen molar-refractivity contribution in [3.8, 4) is 0 Å². The Hall–Kier alpha value is -3.23. The predicted octanol–water partition coefficient (Wildman–Crippen LogP) is 1.85. The summed E-state index contributed by atoms with van der Waals surface area (Å²) in [4.78, 5) is 35.8. The number of benzene rings is 1. The largest absolute Gasteiger partial charge is 0.362 e. The first kappa shape index (κ1) is 18.6. The smallest absolute Gasteiger partial charge is 0.293 e. The van der Waals surface area contributed by atoms with Crippen LogP contribution in [0.1, 0.15) is 24.2 Å². The zero-order chi connectivity index (χ0) is 19.4. The minimum absolute atomic E-state index is 0.0375. The number of nitro benzene ring substituents is 1. The number of hydrogen-bond acceptors (Lipinski definition) is 7. The minimum atomic E-state index is -0.436. The monoisotopic (exact) mass is 370 g/mol. The second-order valence-electron chi connectivity index (χ2n) is 6.61. The molecule has 1 amide bonds. The van der Waals surface area contributed by atoms with Crippen LogP contribution in [0.25, 0.3) is 0 Å². The topological polar surface area (TPSA) is 104 Å². The molecule has 3 rings (SSSR count). The SMILES string of the molecule is CC(C)NC(=O)c1ccc(N2CCN(c3ncccn3)CC2)c([N+](=O)[O-])c1. The normalized spacial score (nSPS) is 14.3. The van der Waals surface area contributed by atoms with E-state index in [0.717, 1.165) is 0 Å². The van der Waals surface area contributed by atoms with Crippen molar-refractivity contribution in [2.75, 3.05) is 36.0 Å². The maximum Gasteiger partial charge on any atom is 0.293 e. The van der Waals surface area contributed by atoms with Crippen LogP contribution in [0.15, 0.2) is 36.7 Å². The van der Waals surface area contributed by atoms with Crippen molar-refractivity contribution in [1.29, 1.82) is 0 Å². The quantitative estimate of drug-likeness (QED) is 0.632. The van der Waals surface area contributed by atoms with Crippen LogP contribution < -0.4 is 15.1 Å². The zero-order valence-corrected chi connectivity index (χ0v) is 15.3. The maximum absolute atomic E-state index is 12.1. The lowest BCUT2D eigenvalue weighted by Crippen LogP contribution is -2.47. The van der Waals surface area contributed by atoms with Crippen LogP contribution in [0.5, 0.6) is 0 Å². The molecule has 1 aliphatic heterocycles.